The molecule has 2 amide bonds. The number of rotatable bonds is 5. The average molecular weight is 345 g/mol. The molecule has 0 aliphatic carbocycles. The second-order valence-corrected chi connectivity index (χ2v) is 7.54. The largest absolute Gasteiger partial charge is 0.464 e. The van der Waals surface area contributed by atoms with E-state index in [1.807, 2.05) is 13.0 Å². The van der Waals surface area contributed by atoms with Crippen molar-refractivity contribution < 1.29 is 22.4 Å². The number of aryl methyl sites for hydroxylation is 1. The van der Waals surface area contributed by atoms with Gasteiger partial charge in [-0.3, -0.25) is 0 Å². The number of amides is 2. The van der Waals surface area contributed by atoms with Crippen LogP contribution in [0.3, 0.4) is 0 Å². The molecule has 0 saturated carbocycles. The smallest absolute Gasteiger partial charge is 0.318 e. The maximum atomic E-state index is 12.4. The highest BCUT2D eigenvalue weighted by Crippen LogP contribution is 2.17. The van der Waals surface area contributed by atoms with E-state index < -0.39 is 10.0 Å². The highest BCUT2D eigenvalue weighted by molar-refractivity contribution is 7.88. The summed E-state index contributed by atoms with van der Waals surface area (Å²) in [4.78, 5) is 14.0. The van der Waals surface area contributed by atoms with Crippen molar-refractivity contribution in [1.82, 2.24) is 14.5 Å². The molecule has 1 fully saturated rings. The van der Waals surface area contributed by atoms with E-state index in [1.54, 1.807) is 18.1 Å². The van der Waals surface area contributed by atoms with Gasteiger partial charge in [-0.05, 0) is 19.1 Å². The first kappa shape index (κ1) is 17.8. The number of hydrogen-bond donors (Lipinski definition) is 1. The number of nitrogens with zero attached hydrogens (tertiary/aromatic N) is 2. The van der Waals surface area contributed by atoms with E-state index in [0.717, 1.165) is 5.76 Å². The molecular formula is C14H23N3O5S. The van der Waals surface area contributed by atoms with Gasteiger partial charge in [-0.15, -0.1) is 0 Å². The predicted molar refractivity (Wildman–Crippen MR) is 84.6 cm³/mol. The van der Waals surface area contributed by atoms with Crippen molar-refractivity contribution in [3.05, 3.63) is 23.7 Å². The molecule has 1 aromatic rings. The van der Waals surface area contributed by atoms with E-state index in [2.05, 4.69) is 5.32 Å². The lowest BCUT2D eigenvalue weighted by Gasteiger charge is -2.34. The van der Waals surface area contributed by atoms with Gasteiger partial charge in [0, 0.05) is 33.3 Å². The molecule has 0 bridgehead atoms. The zero-order valence-electron chi connectivity index (χ0n) is 13.6. The standard InChI is InChI=1S/C14H23N3O5S/c1-11-4-5-13(22-11)12(10-21-2)15-14(18)16-6-8-17(9-7-16)23(3,19)20/h4-5,12H,6-10H2,1-3H3,(H,15,18). The monoisotopic (exact) mass is 345 g/mol. The maximum Gasteiger partial charge on any atom is 0.318 e. The number of nitrogens with one attached hydrogen (secondary N) is 1. The summed E-state index contributed by atoms with van der Waals surface area (Å²) in [5, 5.41) is 2.87. The summed E-state index contributed by atoms with van der Waals surface area (Å²) in [5.41, 5.74) is 0. The zero-order valence-corrected chi connectivity index (χ0v) is 14.4. The van der Waals surface area contributed by atoms with Crippen LogP contribution in [0.2, 0.25) is 0 Å². The zero-order chi connectivity index (χ0) is 17.0. The second kappa shape index (κ2) is 7.33. The molecule has 1 saturated heterocycles. The van der Waals surface area contributed by atoms with E-state index in [4.69, 9.17) is 9.15 Å². The molecular weight excluding hydrogens is 322 g/mol. The van der Waals surface area contributed by atoms with Crippen LogP contribution in [0.1, 0.15) is 17.6 Å². The van der Waals surface area contributed by atoms with Crippen LogP contribution in [0.25, 0.3) is 0 Å². The third-order valence-electron chi connectivity index (χ3n) is 3.73. The molecule has 8 nitrogen and oxygen atoms in total. The molecule has 2 heterocycles. The van der Waals surface area contributed by atoms with Crippen molar-refractivity contribution in [1.29, 1.82) is 0 Å². The van der Waals surface area contributed by atoms with E-state index in [1.165, 1.54) is 10.6 Å². The minimum Gasteiger partial charge on any atom is -0.464 e. The molecule has 23 heavy (non-hydrogen) atoms. The fourth-order valence-electron chi connectivity index (χ4n) is 2.47. The summed E-state index contributed by atoms with van der Waals surface area (Å²) in [6.45, 7) is 3.45. The average Bonchev–Trinajstić information content (AvgIpc) is 2.92. The Labute approximate surface area is 136 Å². The number of urea groups is 1. The van der Waals surface area contributed by atoms with Gasteiger partial charge in [0.25, 0.3) is 0 Å². The Morgan fingerprint density at radius 3 is 2.48 bits per heavy atom. The molecule has 1 N–H and O–H groups in total. The fraction of sp³-hybridized carbons (Fsp3) is 0.643. The molecule has 1 atom stereocenters. The van der Waals surface area contributed by atoms with Crippen LogP contribution in [0.4, 0.5) is 4.79 Å². The SMILES string of the molecule is COCC(NC(=O)N1CCN(S(C)(=O)=O)CC1)c1ccc(C)o1. The number of methoxy groups -OCH3 is 1. The summed E-state index contributed by atoms with van der Waals surface area (Å²) in [6, 6.07) is 3.00. The number of ether oxygens (including phenoxy) is 1. The van der Waals surface area contributed by atoms with Gasteiger partial charge >= 0.3 is 6.03 Å². The first-order chi connectivity index (χ1) is 10.8. The summed E-state index contributed by atoms with van der Waals surface area (Å²) in [7, 11) is -1.65. The Hall–Kier alpha value is -1.58. The Kier molecular flexibility index (Phi) is 5.66. The lowest BCUT2D eigenvalue weighted by molar-refractivity contribution is 0.139. The van der Waals surface area contributed by atoms with Crippen LogP contribution in [-0.4, -0.2) is 69.8 Å². The van der Waals surface area contributed by atoms with Crippen LogP contribution in [0, 0.1) is 6.92 Å². The highest BCUT2D eigenvalue weighted by Gasteiger charge is 2.28. The van der Waals surface area contributed by atoms with Gasteiger partial charge in [-0.1, -0.05) is 0 Å². The van der Waals surface area contributed by atoms with Gasteiger partial charge in [0.1, 0.15) is 17.6 Å². The van der Waals surface area contributed by atoms with Crippen molar-refractivity contribution in [2.45, 2.75) is 13.0 Å². The number of carbonyl (C=O) groups is 1. The normalized spacial score (nSPS) is 18.0. The van der Waals surface area contributed by atoms with Gasteiger partial charge in [0.15, 0.2) is 0 Å². The Balaban J connectivity index is 1.95. The van der Waals surface area contributed by atoms with E-state index >= 15 is 0 Å². The number of carbonyl (C=O) groups excluding carboxylic acids is 1. The van der Waals surface area contributed by atoms with Crippen molar-refractivity contribution in [3.63, 3.8) is 0 Å². The van der Waals surface area contributed by atoms with Crippen LogP contribution >= 0.6 is 0 Å². The van der Waals surface area contributed by atoms with Gasteiger partial charge in [0.2, 0.25) is 10.0 Å². The quantitative estimate of drug-likeness (QED) is 0.842. The summed E-state index contributed by atoms with van der Waals surface area (Å²) in [6.07, 6.45) is 1.18. The molecule has 130 valence electrons. The van der Waals surface area contributed by atoms with E-state index in [0.29, 0.717) is 38.5 Å². The lowest BCUT2D eigenvalue weighted by Crippen LogP contribution is -2.53. The Morgan fingerprint density at radius 1 is 1.35 bits per heavy atom. The minimum absolute atomic E-state index is 0.255. The second-order valence-electron chi connectivity index (χ2n) is 5.55. The van der Waals surface area contributed by atoms with Crippen molar-refractivity contribution in [2.75, 3.05) is 46.2 Å². The Bertz CT molecular complexity index is 635. The molecule has 1 aliphatic rings. The van der Waals surface area contributed by atoms with E-state index in [-0.39, 0.29) is 12.1 Å². The van der Waals surface area contributed by atoms with Gasteiger partial charge < -0.3 is 19.4 Å². The van der Waals surface area contributed by atoms with Crippen molar-refractivity contribution >= 4 is 16.1 Å². The van der Waals surface area contributed by atoms with Crippen LogP contribution in [0.15, 0.2) is 16.5 Å². The number of furan rings is 1. The van der Waals surface area contributed by atoms with E-state index in [9.17, 15) is 13.2 Å². The number of piperazine rings is 1. The molecule has 1 aliphatic heterocycles. The summed E-state index contributed by atoms with van der Waals surface area (Å²) >= 11 is 0. The minimum atomic E-state index is -3.21. The number of hydrogen-bond acceptors (Lipinski definition) is 5. The third kappa shape index (κ3) is 4.69. The number of sulfonamides is 1. The lowest BCUT2D eigenvalue weighted by atomic mass is 10.2. The highest BCUT2D eigenvalue weighted by atomic mass is 32.2. The first-order valence-corrected chi connectivity index (χ1v) is 9.22. The Morgan fingerprint density at radius 2 is 2.00 bits per heavy atom. The summed E-state index contributed by atoms with van der Waals surface area (Å²) in [5.74, 6) is 1.39. The fourth-order valence-corrected chi connectivity index (χ4v) is 3.29. The first-order valence-electron chi connectivity index (χ1n) is 7.37. The van der Waals surface area contributed by atoms with Crippen molar-refractivity contribution in [3.8, 4) is 0 Å². The molecule has 1 unspecified atom stereocenters. The third-order valence-corrected chi connectivity index (χ3v) is 5.03. The molecule has 0 spiro atoms. The summed E-state index contributed by atoms with van der Waals surface area (Å²) < 4.78 is 35.0. The molecule has 9 heteroatoms. The van der Waals surface area contributed by atoms with Gasteiger partial charge in [-0.2, -0.15) is 4.31 Å². The van der Waals surface area contributed by atoms with Gasteiger partial charge in [0.05, 0.1) is 12.9 Å². The van der Waals surface area contributed by atoms with Crippen molar-refractivity contribution in [2.24, 2.45) is 0 Å². The molecule has 1 aromatic heterocycles. The maximum absolute atomic E-state index is 12.4. The molecule has 0 aromatic carbocycles. The van der Waals surface area contributed by atoms with Gasteiger partial charge in [-0.25, -0.2) is 13.2 Å². The van der Waals surface area contributed by atoms with Crippen LogP contribution in [0.5, 0.6) is 0 Å². The van der Waals surface area contributed by atoms with Crippen LogP contribution in [-0.2, 0) is 14.8 Å². The van der Waals surface area contributed by atoms with Crippen LogP contribution < -0.4 is 5.32 Å². The molecule has 2 rings (SSSR count). The molecule has 0 radical (unpaired) electrons. The predicted octanol–water partition coefficient (Wildman–Crippen LogP) is 0.562. The topological polar surface area (TPSA) is 92.1 Å².